The Labute approximate surface area is 131 Å². The van der Waals surface area contributed by atoms with Crippen LogP contribution in [0, 0.1) is 5.41 Å². The Balaban J connectivity index is 2.21. The van der Waals surface area contributed by atoms with Crippen molar-refractivity contribution >= 4 is 6.09 Å². The monoisotopic (exact) mass is 306 g/mol. The largest absolute Gasteiger partial charge is 0.444 e. The Kier molecular flexibility index (Phi) is 4.78. The van der Waals surface area contributed by atoms with Crippen LogP contribution in [0.2, 0.25) is 0 Å². The van der Waals surface area contributed by atoms with E-state index < -0.39 is 11.7 Å². The molecule has 1 aliphatic rings. The maximum absolute atomic E-state index is 12.2. The Hall–Kier alpha value is -1.59. The molecule has 122 valence electrons. The lowest BCUT2D eigenvalue weighted by Gasteiger charge is -2.50. The van der Waals surface area contributed by atoms with Crippen LogP contribution < -0.4 is 11.1 Å². The van der Waals surface area contributed by atoms with Gasteiger partial charge in [-0.25, -0.2) is 4.79 Å². The van der Waals surface area contributed by atoms with Crippen molar-refractivity contribution in [2.75, 3.05) is 6.54 Å². The van der Waals surface area contributed by atoms with Crippen LogP contribution in [0.4, 0.5) is 4.79 Å². The molecule has 1 aliphatic carbocycles. The minimum absolute atomic E-state index is 0.267. The van der Waals surface area contributed by atoms with Gasteiger partial charge in [0.25, 0.3) is 0 Å². The first-order valence-corrected chi connectivity index (χ1v) is 7.68. The number of benzene rings is 1. The number of ether oxygens (including phenoxy) is 1. The standard InChI is InChI=1S/C17H26N2O3/c1-16(2,3)22-15(21)19-14(12-7-5-4-6-8-12)17(11-18)9-13(20)10-17/h4-8,13-14,20H,9-11,18H2,1-3H3,(H,19,21). The summed E-state index contributed by atoms with van der Waals surface area (Å²) < 4.78 is 5.37. The molecule has 22 heavy (non-hydrogen) atoms. The van der Waals surface area contributed by atoms with Gasteiger partial charge in [-0.15, -0.1) is 0 Å². The predicted molar refractivity (Wildman–Crippen MR) is 85.3 cm³/mol. The number of nitrogens with one attached hydrogen (secondary N) is 1. The lowest BCUT2D eigenvalue weighted by atomic mass is 9.61. The van der Waals surface area contributed by atoms with Gasteiger partial charge in [-0.05, 0) is 39.2 Å². The van der Waals surface area contributed by atoms with Gasteiger partial charge in [0.15, 0.2) is 0 Å². The zero-order valence-electron chi connectivity index (χ0n) is 13.5. The molecule has 1 aromatic rings. The molecule has 1 fully saturated rings. The fraction of sp³-hybridized carbons (Fsp3) is 0.588. The molecule has 0 aliphatic heterocycles. The molecule has 1 unspecified atom stereocenters. The fourth-order valence-electron chi connectivity index (χ4n) is 3.06. The summed E-state index contributed by atoms with van der Waals surface area (Å²) >= 11 is 0. The molecule has 4 N–H and O–H groups in total. The number of nitrogens with two attached hydrogens (primary N) is 1. The second kappa shape index (κ2) is 6.26. The molecule has 1 amide bonds. The van der Waals surface area contributed by atoms with E-state index in [0.29, 0.717) is 19.4 Å². The summed E-state index contributed by atoms with van der Waals surface area (Å²) in [6, 6.07) is 9.45. The highest BCUT2D eigenvalue weighted by Crippen LogP contribution is 2.49. The number of aliphatic hydroxyl groups is 1. The number of aliphatic hydroxyl groups excluding tert-OH is 1. The molecular weight excluding hydrogens is 280 g/mol. The molecule has 1 aromatic carbocycles. The average Bonchev–Trinajstić information content (AvgIpc) is 2.40. The van der Waals surface area contributed by atoms with Crippen molar-refractivity contribution in [1.29, 1.82) is 0 Å². The van der Waals surface area contributed by atoms with E-state index in [0.717, 1.165) is 5.56 Å². The Morgan fingerprint density at radius 3 is 2.45 bits per heavy atom. The molecule has 0 spiro atoms. The van der Waals surface area contributed by atoms with Crippen LogP contribution in [0.3, 0.4) is 0 Å². The van der Waals surface area contributed by atoms with Gasteiger partial charge in [-0.1, -0.05) is 30.3 Å². The van der Waals surface area contributed by atoms with Crippen molar-refractivity contribution in [1.82, 2.24) is 5.32 Å². The molecule has 0 radical (unpaired) electrons. The highest BCUT2D eigenvalue weighted by atomic mass is 16.6. The number of carbonyl (C=O) groups is 1. The molecule has 0 aromatic heterocycles. The molecule has 1 atom stereocenters. The Morgan fingerprint density at radius 1 is 1.41 bits per heavy atom. The summed E-state index contributed by atoms with van der Waals surface area (Å²) in [5.74, 6) is 0. The molecular formula is C17H26N2O3. The van der Waals surface area contributed by atoms with E-state index in [1.165, 1.54) is 0 Å². The van der Waals surface area contributed by atoms with E-state index in [1.807, 2.05) is 51.1 Å². The molecule has 0 heterocycles. The Bertz CT molecular complexity index is 504. The van der Waals surface area contributed by atoms with Gasteiger partial charge in [0.05, 0.1) is 12.1 Å². The molecule has 2 rings (SSSR count). The Morgan fingerprint density at radius 2 is 2.00 bits per heavy atom. The summed E-state index contributed by atoms with van der Waals surface area (Å²) in [6.45, 7) is 5.89. The van der Waals surface area contributed by atoms with Gasteiger partial charge in [-0.2, -0.15) is 0 Å². The third kappa shape index (κ3) is 3.78. The molecule has 0 saturated heterocycles. The van der Waals surface area contributed by atoms with Crippen LogP contribution in [0.5, 0.6) is 0 Å². The van der Waals surface area contributed by atoms with Crippen molar-refractivity contribution in [2.24, 2.45) is 11.1 Å². The second-order valence-electron chi connectivity index (χ2n) is 7.12. The van der Waals surface area contributed by atoms with Crippen molar-refractivity contribution < 1.29 is 14.6 Å². The van der Waals surface area contributed by atoms with Crippen LogP contribution in [-0.2, 0) is 4.74 Å². The SMILES string of the molecule is CC(C)(C)OC(=O)NC(c1ccccc1)C1(CN)CC(O)C1. The van der Waals surface area contributed by atoms with Gasteiger partial charge in [0, 0.05) is 12.0 Å². The molecule has 5 nitrogen and oxygen atoms in total. The van der Waals surface area contributed by atoms with E-state index >= 15 is 0 Å². The summed E-state index contributed by atoms with van der Waals surface area (Å²) in [4.78, 5) is 12.2. The number of amides is 1. The van der Waals surface area contributed by atoms with Crippen LogP contribution in [0.1, 0.15) is 45.2 Å². The van der Waals surface area contributed by atoms with Gasteiger partial charge >= 0.3 is 6.09 Å². The van der Waals surface area contributed by atoms with Crippen molar-refractivity contribution in [3.8, 4) is 0 Å². The van der Waals surface area contributed by atoms with Crippen molar-refractivity contribution in [3.63, 3.8) is 0 Å². The van der Waals surface area contributed by atoms with Gasteiger partial charge in [-0.3, -0.25) is 0 Å². The van der Waals surface area contributed by atoms with Gasteiger partial charge in [0.2, 0.25) is 0 Å². The topological polar surface area (TPSA) is 84.6 Å². The first-order chi connectivity index (χ1) is 10.3. The summed E-state index contributed by atoms with van der Waals surface area (Å²) in [6.07, 6.45) is 0.350. The lowest BCUT2D eigenvalue weighted by Crippen LogP contribution is -2.55. The van der Waals surface area contributed by atoms with Crippen molar-refractivity contribution in [3.05, 3.63) is 35.9 Å². The molecule has 5 heteroatoms. The normalized spacial score (nSPS) is 26.0. The maximum Gasteiger partial charge on any atom is 0.408 e. The fourth-order valence-corrected chi connectivity index (χ4v) is 3.06. The van der Waals surface area contributed by atoms with Gasteiger partial charge in [0.1, 0.15) is 5.60 Å². The number of hydrogen-bond acceptors (Lipinski definition) is 4. The van der Waals surface area contributed by atoms with Crippen LogP contribution in [0.25, 0.3) is 0 Å². The van der Waals surface area contributed by atoms with Gasteiger partial charge < -0.3 is 20.9 Å². The third-order valence-corrected chi connectivity index (χ3v) is 4.10. The maximum atomic E-state index is 12.2. The molecule has 1 saturated carbocycles. The van der Waals surface area contributed by atoms with Crippen LogP contribution >= 0.6 is 0 Å². The van der Waals surface area contributed by atoms with E-state index in [1.54, 1.807) is 0 Å². The van der Waals surface area contributed by atoms with E-state index in [-0.39, 0.29) is 17.6 Å². The smallest absolute Gasteiger partial charge is 0.408 e. The highest BCUT2D eigenvalue weighted by Gasteiger charge is 2.49. The number of hydrogen-bond donors (Lipinski definition) is 3. The zero-order chi connectivity index (χ0) is 16.4. The first-order valence-electron chi connectivity index (χ1n) is 7.68. The lowest BCUT2D eigenvalue weighted by molar-refractivity contribution is -0.0527. The highest BCUT2D eigenvalue weighted by molar-refractivity contribution is 5.68. The number of carbonyl (C=O) groups excluding carboxylic acids is 1. The number of alkyl carbamates (subject to hydrolysis) is 1. The van der Waals surface area contributed by atoms with E-state index in [2.05, 4.69) is 5.32 Å². The van der Waals surface area contributed by atoms with Crippen LogP contribution in [-0.4, -0.2) is 29.4 Å². The van der Waals surface area contributed by atoms with E-state index in [9.17, 15) is 9.90 Å². The zero-order valence-corrected chi connectivity index (χ0v) is 13.5. The average molecular weight is 306 g/mol. The van der Waals surface area contributed by atoms with E-state index in [4.69, 9.17) is 10.5 Å². The summed E-state index contributed by atoms with van der Waals surface area (Å²) in [5.41, 5.74) is 6.07. The summed E-state index contributed by atoms with van der Waals surface area (Å²) in [7, 11) is 0. The first kappa shape index (κ1) is 16.8. The minimum Gasteiger partial charge on any atom is -0.444 e. The summed E-state index contributed by atoms with van der Waals surface area (Å²) in [5, 5.41) is 12.7. The minimum atomic E-state index is -0.555. The predicted octanol–water partition coefficient (Wildman–Crippen LogP) is 2.35. The quantitative estimate of drug-likeness (QED) is 0.797. The van der Waals surface area contributed by atoms with Crippen molar-refractivity contribution in [2.45, 2.75) is 51.4 Å². The third-order valence-electron chi connectivity index (χ3n) is 4.10. The molecule has 0 bridgehead atoms. The second-order valence-corrected chi connectivity index (χ2v) is 7.12. The van der Waals surface area contributed by atoms with Crippen LogP contribution in [0.15, 0.2) is 30.3 Å². The number of rotatable bonds is 4.